The van der Waals surface area contributed by atoms with Crippen LogP contribution in [0.2, 0.25) is 0 Å². The quantitative estimate of drug-likeness (QED) is 0.500. The fourth-order valence-corrected chi connectivity index (χ4v) is 2.67. The first-order chi connectivity index (χ1) is 14.9. The molecular formula is C19H13F3N6O3. The molecule has 2 aromatic heterocycles. The van der Waals surface area contributed by atoms with Gasteiger partial charge in [0, 0.05) is 5.56 Å². The second-order valence-electron chi connectivity index (χ2n) is 6.17. The summed E-state index contributed by atoms with van der Waals surface area (Å²) >= 11 is 0. The number of nitrogens with one attached hydrogen (secondary N) is 1. The Kier molecular flexibility index (Phi) is 5.35. The number of aromatic nitrogens is 5. The molecule has 0 aliphatic rings. The van der Waals surface area contributed by atoms with Crippen LogP contribution in [-0.4, -0.2) is 37.5 Å². The lowest BCUT2D eigenvalue weighted by molar-refractivity contribution is -0.137. The van der Waals surface area contributed by atoms with Crippen LogP contribution in [0, 0.1) is 0 Å². The summed E-state index contributed by atoms with van der Waals surface area (Å²) in [6.45, 7) is -0.424. The van der Waals surface area contributed by atoms with Crippen LogP contribution in [0.1, 0.15) is 5.56 Å². The average molecular weight is 430 g/mol. The van der Waals surface area contributed by atoms with Crippen molar-refractivity contribution in [1.29, 1.82) is 0 Å². The number of hydrogen-bond acceptors (Lipinski definition) is 7. The maximum atomic E-state index is 13.1. The topological polar surface area (TPSA) is 108 Å². The predicted octanol–water partition coefficient (Wildman–Crippen LogP) is 3.35. The number of benzene rings is 2. The molecule has 31 heavy (non-hydrogen) atoms. The fourth-order valence-electron chi connectivity index (χ4n) is 2.67. The van der Waals surface area contributed by atoms with Gasteiger partial charge in [-0.3, -0.25) is 4.79 Å². The predicted molar refractivity (Wildman–Crippen MR) is 100 cm³/mol. The van der Waals surface area contributed by atoms with Gasteiger partial charge in [0.15, 0.2) is 6.61 Å². The molecule has 0 spiro atoms. The molecule has 0 aliphatic heterocycles. The van der Waals surface area contributed by atoms with Crippen molar-refractivity contribution < 1.29 is 27.1 Å². The Hall–Kier alpha value is -4.22. The highest BCUT2D eigenvalue weighted by atomic mass is 19.4. The van der Waals surface area contributed by atoms with Gasteiger partial charge in [-0.1, -0.05) is 0 Å². The Bertz CT molecular complexity index is 1160. The maximum Gasteiger partial charge on any atom is 0.416 e. The Morgan fingerprint density at radius 2 is 1.97 bits per heavy atom. The van der Waals surface area contributed by atoms with Crippen molar-refractivity contribution in [2.45, 2.75) is 6.18 Å². The van der Waals surface area contributed by atoms with Gasteiger partial charge in [0.2, 0.25) is 12.3 Å². The van der Waals surface area contributed by atoms with Crippen LogP contribution < -0.4 is 10.1 Å². The van der Waals surface area contributed by atoms with E-state index in [2.05, 4.69) is 25.6 Å². The fraction of sp³-hybridized carbons (Fsp3) is 0.105. The number of anilines is 1. The van der Waals surface area contributed by atoms with Crippen LogP contribution in [0.4, 0.5) is 18.9 Å². The summed E-state index contributed by atoms with van der Waals surface area (Å²) in [7, 11) is 0. The summed E-state index contributed by atoms with van der Waals surface area (Å²) in [4.78, 5) is 16.1. The van der Waals surface area contributed by atoms with E-state index in [1.807, 2.05) is 0 Å². The maximum absolute atomic E-state index is 13.1. The normalized spacial score (nSPS) is 11.3. The van der Waals surface area contributed by atoms with Crippen molar-refractivity contribution in [3.05, 3.63) is 67.1 Å². The lowest BCUT2D eigenvalue weighted by atomic mass is 10.1. The largest absolute Gasteiger partial charge is 0.484 e. The molecule has 1 N–H and O–H groups in total. The number of hydrogen-bond donors (Lipinski definition) is 1. The molecule has 9 nitrogen and oxygen atoms in total. The van der Waals surface area contributed by atoms with E-state index in [0.29, 0.717) is 17.2 Å². The number of ether oxygens (including phenoxy) is 1. The molecule has 0 saturated carbocycles. The molecule has 2 aromatic carbocycles. The average Bonchev–Trinajstić information content (AvgIpc) is 3.46. The second-order valence-corrected chi connectivity index (χ2v) is 6.17. The van der Waals surface area contributed by atoms with Gasteiger partial charge in [-0.2, -0.15) is 18.3 Å². The van der Waals surface area contributed by atoms with Crippen molar-refractivity contribution in [1.82, 2.24) is 25.0 Å². The number of alkyl halides is 3. The molecule has 4 rings (SSSR count). The zero-order valence-corrected chi connectivity index (χ0v) is 15.6. The standard InChI is InChI=1S/C19H13F3N6O3/c20-19(21,22)13-3-6-16(28-10-23-9-25-28)15(7-13)26-17(29)8-30-14-4-1-12(2-5-14)18-27-24-11-31-18/h1-7,9-11H,8H2,(H,26,29). The molecule has 0 saturated heterocycles. The van der Waals surface area contributed by atoms with E-state index in [1.54, 1.807) is 24.3 Å². The van der Waals surface area contributed by atoms with Crippen LogP contribution >= 0.6 is 0 Å². The second kappa shape index (κ2) is 8.26. The lowest BCUT2D eigenvalue weighted by Crippen LogP contribution is -2.21. The molecule has 12 heteroatoms. The van der Waals surface area contributed by atoms with Crippen LogP contribution in [0.5, 0.6) is 5.75 Å². The summed E-state index contributed by atoms with van der Waals surface area (Å²) in [6, 6.07) is 9.44. The number of rotatable bonds is 6. The molecular weight excluding hydrogens is 417 g/mol. The van der Waals surface area contributed by atoms with Crippen molar-refractivity contribution in [3.8, 4) is 22.9 Å². The van der Waals surface area contributed by atoms with Gasteiger partial charge in [-0.25, -0.2) is 9.67 Å². The molecule has 0 aliphatic carbocycles. The third-order valence-corrected chi connectivity index (χ3v) is 4.09. The van der Waals surface area contributed by atoms with Crippen molar-refractivity contribution in [3.63, 3.8) is 0 Å². The van der Waals surface area contributed by atoms with E-state index < -0.39 is 24.3 Å². The first-order valence-corrected chi connectivity index (χ1v) is 8.75. The molecule has 0 atom stereocenters. The van der Waals surface area contributed by atoms with Crippen LogP contribution in [0.15, 0.2) is 65.9 Å². The molecule has 2 heterocycles. The minimum Gasteiger partial charge on any atom is -0.484 e. The van der Waals surface area contributed by atoms with Crippen molar-refractivity contribution >= 4 is 11.6 Å². The van der Waals surface area contributed by atoms with Gasteiger partial charge in [-0.05, 0) is 42.5 Å². The number of halogens is 3. The number of amides is 1. The van der Waals surface area contributed by atoms with Gasteiger partial charge in [-0.15, -0.1) is 10.2 Å². The lowest BCUT2D eigenvalue weighted by Gasteiger charge is -2.14. The Labute approximate surface area is 172 Å². The molecule has 0 fully saturated rings. The third kappa shape index (κ3) is 4.69. The van der Waals surface area contributed by atoms with E-state index in [-0.39, 0.29) is 11.4 Å². The van der Waals surface area contributed by atoms with E-state index in [4.69, 9.17) is 9.15 Å². The summed E-state index contributed by atoms with van der Waals surface area (Å²) in [5.74, 6) is 0.0510. The van der Waals surface area contributed by atoms with Gasteiger partial charge >= 0.3 is 6.18 Å². The Morgan fingerprint density at radius 1 is 1.16 bits per heavy atom. The Balaban J connectivity index is 1.46. The van der Waals surface area contributed by atoms with Crippen molar-refractivity contribution in [2.24, 2.45) is 0 Å². The minimum absolute atomic E-state index is 0.0827. The Morgan fingerprint density at radius 3 is 2.61 bits per heavy atom. The number of nitrogens with zero attached hydrogens (tertiary/aromatic N) is 5. The van der Waals surface area contributed by atoms with Crippen LogP contribution in [0.3, 0.4) is 0 Å². The van der Waals surface area contributed by atoms with Crippen molar-refractivity contribution in [2.75, 3.05) is 11.9 Å². The highest BCUT2D eigenvalue weighted by Gasteiger charge is 2.31. The molecule has 0 radical (unpaired) electrons. The first-order valence-electron chi connectivity index (χ1n) is 8.75. The highest BCUT2D eigenvalue weighted by Crippen LogP contribution is 2.33. The molecule has 1 amide bonds. The van der Waals surface area contributed by atoms with Crippen LogP contribution in [-0.2, 0) is 11.0 Å². The minimum atomic E-state index is -4.57. The summed E-state index contributed by atoms with van der Waals surface area (Å²) in [5, 5.41) is 13.7. The molecule has 0 bridgehead atoms. The van der Waals surface area contributed by atoms with E-state index >= 15 is 0 Å². The molecule has 0 unspecified atom stereocenters. The third-order valence-electron chi connectivity index (χ3n) is 4.09. The van der Waals surface area contributed by atoms with Gasteiger partial charge in [0.25, 0.3) is 5.91 Å². The smallest absolute Gasteiger partial charge is 0.416 e. The molecule has 4 aromatic rings. The number of carbonyl (C=O) groups is 1. The zero-order valence-electron chi connectivity index (χ0n) is 15.6. The van der Waals surface area contributed by atoms with Gasteiger partial charge in [0.05, 0.1) is 16.9 Å². The number of carbonyl (C=O) groups excluding carboxylic acids is 1. The summed E-state index contributed by atoms with van der Waals surface area (Å²) < 4.78 is 51.0. The summed E-state index contributed by atoms with van der Waals surface area (Å²) in [5.41, 5.74) is -0.108. The first kappa shape index (κ1) is 20.1. The monoisotopic (exact) mass is 430 g/mol. The summed E-state index contributed by atoms with van der Waals surface area (Å²) in [6.07, 6.45) is -0.841. The van der Waals surface area contributed by atoms with E-state index in [1.165, 1.54) is 29.8 Å². The van der Waals surface area contributed by atoms with Gasteiger partial charge in [0.1, 0.15) is 18.4 Å². The highest BCUT2D eigenvalue weighted by molar-refractivity contribution is 5.94. The zero-order chi connectivity index (χ0) is 21.8. The molecule has 158 valence electrons. The van der Waals surface area contributed by atoms with E-state index in [0.717, 1.165) is 12.1 Å². The SMILES string of the molecule is O=C(COc1ccc(-c2nnco2)cc1)Nc1cc(C(F)(F)F)ccc1-n1cncn1. The van der Waals surface area contributed by atoms with Gasteiger partial charge < -0.3 is 14.5 Å². The van der Waals surface area contributed by atoms with Crippen LogP contribution in [0.25, 0.3) is 17.1 Å². The van der Waals surface area contributed by atoms with E-state index in [9.17, 15) is 18.0 Å².